The molecule has 2 aromatic rings. The van der Waals surface area contributed by atoms with E-state index in [1.54, 1.807) is 11.0 Å². The number of nitrogens with one attached hydrogen (secondary N) is 2. The van der Waals surface area contributed by atoms with Gasteiger partial charge in [-0.25, -0.2) is 28.9 Å². The average Bonchev–Trinajstić information content (AvgIpc) is 3.49. The van der Waals surface area contributed by atoms with Crippen LogP contribution >= 0.6 is 0 Å². The van der Waals surface area contributed by atoms with Crippen LogP contribution < -0.4 is 20.3 Å². The summed E-state index contributed by atoms with van der Waals surface area (Å²) in [5.74, 6) is 1.77. The number of ether oxygens (including phenoxy) is 2. The minimum absolute atomic E-state index is 0.130. The van der Waals surface area contributed by atoms with Crippen LogP contribution in [-0.4, -0.2) is 107 Å². The van der Waals surface area contributed by atoms with Crippen molar-refractivity contribution in [3.8, 4) is 5.88 Å². The van der Waals surface area contributed by atoms with Crippen molar-refractivity contribution in [2.45, 2.75) is 50.5 Å². The number of piperidine rings is 2. The van der Waals surface area contributed by atoms with Crippen molar-refractivity contribution in [3.63, 3.8) is 0 Å². The van der Waals surface area contributed by atoms with Gasteiger partial charge in [-0.05, 0) is 45.2 Å². The fourth-order valence-electron chi connectivity index (χ4n) is 5.60. The van der Waals surface area contributed by atoms with Crippen LogP contribution in [0.2, 0.25) is 0 Å². The van der Waals surface area contributed by atoms with Crippen LogP contribution in [0.25, 0.3) is 0 Å². The maximum absolute atomic E-state index is 15.0. The van der Waals surface area contributed by atoms with Crippen molar-refractivity contribution in [2.24, 2.45) is 5.92 Å². The summed E-state index contributed by atoms with van der Waals surface area (Å²) < 4.78 is 25.9. The van der Waals surface area contributed by atoms with Crippen molar-refractivity contribution < 1.29 is 23.5 Å². The lowest BCUT2D eigenvalue weighted by Gasteiger charge is -2.39. The summed E-state index contributed by atoms with van der Waals surface area (Å²) in [5, 5.41) is 5.33. The molecule has 1 aliphatic carbocycles. The Bertz CT molecular complexity index is 1170. The van der Waals surface area contributed by atoms with Crippen LogP contribution in [-0.2, 0) is 4.74 Å². The Hall–Kier alpha value is -3.81. The van der Waals surface area contributed by atoms with Gasteiger partial charge < -0.3 is 19.3 Å². The molecule has 3 amide bonds. The molecular weight excluding hydrogens is 509 g/mol. The van der Waals surface area contributed by atoms with Crippen LogP contribution in [0.1, 0.15) is 26.2 Å². The maximum atomic E-state index is 15.0. The van der Waals surface area contributed by atoms with Crippen LogP contribution in [0.5, 0.6) is 5.88 Å². The number of alkyl halides is 1. The summed E-state index contributed by atoms with van der Waals surface area (Å²) in [6.07, 6.45) is 4.51. The van der Waals surface area contributed by atoms with E-state index in [1.165, 1.54) is 30.5 Å². The van der Waals surface area contributed by atoms with Gasteiger partial charge in [-0.2, -0.15) is 4.98 Å². The third-order valence-corrected chi connectivity index (χ3v) is 7.57. The van der Waals surface area contributed by atoms with Crippen molar-refractivity contribution in [1.82, 2.24) is 29.7 Å². The molecule has 2 saturated heterocycles. The fraction of sp³-hybridized carbons (Fsp3) is 0.600. The molecule has 3 fully saturated rings. The van der Waals surface area contributed by atoms with Crippen molar-refractivity contribution >= 4 is 29.7 Å². The second-order valence-corrected chi connectivity index (χ2v) is 10.2. The van der Waals surface area contributed by atoms with Gasteiger partial charge in [0.05, 0.1) is 25.0 Å². The van der Waals surface area contributed by atoms with Crippen molar-refractivity contribution in [3.05, 3.63) is 24.7 Å². The minimum atomic E-state index is -1.24. The highest BCUT2D eigenvalue weighted by Crippen LogP contribution is 2.38. The zero-order valence-electron chi connectivity index (χ0n) is 22.3. The second kappa shape index (κ2) is 11.5. The standard InChI is InChI=1S/C25H34FN9O4/c1-4-38-22-12-28-21(11-29-22)31-24(36)34(3)18-14-35(8-6-16(18)26)23-27-7-5-20(30-23)32-25(37)39-19-10-15-9-17(19)33(2)13-15/h5,7,11-12,15-19H,4,6,8-10,13-14H2,1-3H3,(H,28,31,36)(H,27,30,32,37)/t15-,16+,17+,18-,19+/m0/s1. The van der Waals surface area contributed by atoms with E-state index in [2.05, 4.69) is 42.5 Å². The molecule has 2 aromatic heterocycles. The third-order valence-electron chi connectivity index (χ3n) is 7.57. The number of carbonyl (C=O) groups is 2. The van der Waals surface area contributed by atoms with E-state index in [4.69, 9.17) is 9.47 Å². The summed E-state index contributed by atoms with van der Waals surface area (Å²) in [6.45, 7) is 3.86. The lowest BCUT2D eigenvalue weighted by Crippen LogP contribution is -2.55. The minimum Gasteiger partial charge on any atom is -0.477 e. The van der Waals surface area contributed by atoms with Crippen LogP contribution in [0.3, 0.4) is 0 Å². The molecule has 14 heteroatoms. The first-order chi connectivity index (χ1) is 18.8. The number of rotatable bonds is 7. The van der Waals surface area contributed by atoms with Gasteiger partial charge in [0.1, 0.15) is 18.1 Å². The lowest BCUT2D eigenvalue weighted by molar-refractivity contribution is 0.0492. The fourth-order valence-corrected chi connectivity index (χ4v) is 5.60. The van der Waals surface area contributed by atoms with E-state index < -0.39 is 24.3 Å². The molecular formula is C25H34FN9O4. The zero-order valence-corrected chi connectivity index (χ0v) is 22.3. The molecule has 2 aliphatic heterocycles. The first kappa shape index (κ1) is 26.8. The van der Waals surface area contributed by atoms with E-state index in [-0.39, 0.29) is 30.9 Å². The second-order valence-electron chi connectivity index (χ2n) is 10.2. The number of hydrogen-bond acceptors (Lipinski definition) is 10. The van der Waals surface area contributed by atoms with Gasteiger partial charge in [0.25, 0.3) is 0 Å². The molecule has 5 atom stereocenters. The van der Waals surface area contributed by atoms with Crippen LogP contribution in [0.4, 0.5) is 31.6 Å². The van der Waals surface area contributed by atoms with Gasteiger partial charge in [0.15, 0.2) is 5.82 Å². The number of carbonyl (C=O) groups excluding carboxylic acids is 2. The number of urea groups is 1. The summed E-state index contributed by atoms with van der Waals surface area (Å²) in [7, 11) is 3.58. The van der Waals surface area contributed by atoms with E-state index in [9.17, 15) is 14.0 Å². The average molecular weight is 544 g/mol. The van der Waals surface area contributed by atoms with Gasteiger partial charge in [0, 0.05) is 38.9 Å². The molecule has 0 unspecified atom stereocenters. The molecule has 1 saturated carbocycles. The molecule has 0 aromatic carbocycles. The van der Waals surface area contributed by atoms with Gasteiger partial charge in [0.2, 0.25) is 11.8 Å². The monoisotopic (exact) mass is 543 g/mol. The summed E-state index contributed by atoms with van der Waals surface area (Å²) in [6, 6.07) is 0.563. The number of hydrogen-bond donors (Lipinski definition) is 2. The summed E-state index contributed by atoms with van der Waals surface area (Å²) in [5.41, 5.74) is 0. The van der Waals surface area contributed by atoms with E-state index in [0.29, 0.717) is 36.7 Å². The molecule has 4 heterocycles. The number of likely N-dealkylation sites (tertiary alicyclic amines) is 1. The van der Waals surface area contributed by atoms with Gasteiger partial charge in [-0.15, -0.1) is 0 Å². The smallest absolute Gasteiger partial charge is 0.413 e. The number of halogens is 1. The largest absolute Gasteiger partial charge is 0.477 e. The highest BCUT2D eigenvalue weighted by Gasteiger charge is 2.45. The Morgan fingerprint density at radius 3 is 2.72 bits per heavy atom. The molecule has 5 rings (SSSR count). The number of likely N-dealkylation sites (N-methyl/N-ethyl adjacent to an activating group) is 2. The van der Waals surface area contributed by atoms with Crippen LogP contribution in [0.15, 0.2) is 24.7 Å². The number of nitrogens with zero attached hydrogens (tertiary/aromatic N) is 7. The van der Waals surface area contributed by atoms with Gasteiger partial charge in [-0.1, -0.05) is 0 Å². The topological polar surface area (TPSA) is 138 Å². The van der Waals surface area contributed by atoms with Crippen molar-refractivity contribution in [1.29, 1.82) is 0 Å². The molecule has 2 bridgehead atoms. The molecule has 13 nitrogen and oxygen atoms in total. The number of amides is 3. The predicted octanol–water partition coefficient (Wildman–Crippen LogP) is 2.39. The SMILES string of the molecule is CCOc1cnc(NC(=O)N(C)[C@H]2CN(c3nccc(NC(=O)O[C@@H]4C[C@@H]5C[C@H]4N(C)C5)n3)CC[C@H]2F)cn1. The quantitative estimate of drug-likeness (QED) is 0.535. The molecule has 39 heavy (non-hydrogen) atoms. The Balaban J connectivity index is 1.18. The maximum Gasteiger partial charge on any atom is 0.413 e. The van der Waals surface area contributed by atoms with E-state index in [1.807, 2.05) is 6.92 Å². The zero-order chi connectivity index (χ0) is 27.5. The molecule has 0 radical (unpaired) electrons. The van der Waals surface area contributed by atoms with E-state index in [0.717, 1.165) is 19.4 Å². The predicted molar refractivity (Wildman–Crippen MR) is 141 cm³/mol. The number of anilines is 3. The Morgan fingerprint density at radius 1 is 1.15 bits per heavy atom. The first-order valence-electron chi connectivity index (χ1n) is 13.2. The van der Waals surface area contributed by atoms with Crippen LogP contribution in [0, 0.1) is 5.92 Å². The molecule has 3 aliphatic rings. The normalized spacial score (nSPS) is 26.3. The Labute approximate surface area is 226 Å². The first-order valence-corrected chi connectivity index (χ1v) is 13.2. The number of fused-ring (bicyclic) bond motifs is 2. The third kappa shape index (κ3) is 6.10. The number of aromatic nitrogens is 4. The van der Waals surface area contributed by atoms with Gasteiger partial charge in [-0.3, -0.25) is 15.5 Å². The Kier molecular flexibility index (Phi) is 7.91. The summed E-state index contributed by atoms with van der Waals surface area (Å²) >= 11 is 0. The van der Waals surface area contributed by atoms with E-state index >= 15 is 0 Å². The van der Waals surface area contributed by atoms with Gasteiger partial charge >= 0.3 is 12.1 Å². The van der Waals surface area contributed by atoms with Crippen molar-refractivity contribution in [2.75, 3.05) is 55.9 Å². The highest BCUT2D eigenvalue weighted by atomic mass is 19.1. The molecule has 2 N–H and O–H groups in total. The molecule has 210 valence electrons. The summed E-state index contributed by atoms with van der Waals surface area (Å²) in [4.78, 5) is 47.7. The molecule has 0 spiro atoms. The highest BCUT2D eigenvalue weighted by molar-refractivity contribution is 5.88. The lowest BCUT2D eigenvalue weighted by atomic mass is 10.0. The Morgan fingerprint density at radius 2 is 2.00 bits per heavy atom.